The molecule has 1 amide bonds. The number of hydrogen-bond donors (Lipinski definition) is 3. The summed E-state index contributed by atoms with van der Waals surface area (Å²) in [6, 6.07) is 7.27. The largest absolute Gasteiger partial charge is 0.396 e. The second kappa shape index (κ2) is 6.75. The smallest absolute Gasteiger partial charge is 0.261 e. The lowest BCUT2D eigenvalue weighted by molar-refractivity contribution is 0.0957. The molecule has 5 nitrogen and oxygen atoms in total. The summed E-state index contributed by atoms with van der Waals surface area (Å²) in [4.78, 5) is 16.5. The minimum Gasteiger partial charge on any atom is -0.396 e. The van der Waals surface area contributed by atoms with Gasteiger partial charge in [-0.25, -0.2) is 4.98 Å². The summed E-state index contributed by atoms with van der Waals surface area (Å²) < 4.78 is 0. The molecule has 0 fully saturated rings. The van der Waals surface area contributed by atoms with Gasteiger partial charge in [-0.3, -0.25) is 4.79 Å². The lowest BCUT2D eigenvalue weighted by Gasteiger charge is -2.08. The number of aromatic nitrogens is 1. The van der Waals surface area contributed by atoms with Crippen LogP contribution in [0.3, 0.4) is 0 Å². The number of hydrogen-bond acceptors (Lipinski definition) is 5. The van der Waals surface area contributed by atoms with Crippen LogP contribution in [-0.2, 0) is 0 Å². The molecule has 0 saturated carbocycles. The van der Waals surface area contributed by atoms with Gasteiger partial charge in [0, 0.05) is 19.3 Å². The van der Waals surface area contributed by atoms with E-state index in [0.29, 0.717) is 24.6 Å². The van der Waals surface area contributed by atoms with Gasteiger partial charge in [0.25, 0.3) is 5.91 Å². The lowest BCUT2D eigenvalue weighted by atomic mass is 10.3. The van der Waals surface area contributed by atoms with Gasteiger partial charge in [-0.2, -0.15) is 0 Å². The van der Waals surface area contributed by atoms with Crippen LogP contribution in [0.4, 0.5) is 11.5 Å². The maximum absolute atomic E-state index is 11.6. The average Bonchev–Trinajstić information content (AvgIpc) is 2.94. The van der Waals surface area contributed by atoms with E-state index in [1.807, 2.05) is 17.5 Å². The molecule has 2 rings (SSSR count). The van der Waals surface area contributed by atoms with Crippen molar-refractivity contribution in [3.63, 3.8) is 0 Å². The van der Waals surface area contributed by atoms with Crippen LogP contribution in [0, 0.1) is 0 Å². The Morgan fingerprint density at radius 1 is 1.32 bits per heavy atom. The van der Waals surface area contributed by atoms with Crippen molar-refractivity contribution in [1.82, 2.24) is 10.3 Å². The number of carbonyl (C=O) groups excluding carboxylic acids is 1. The number of nitrogens with two attached hydrogens (primary N) is 1. The van der Waals surface area contributed by atoms with E-state index in [9.17, 15) is 4.79 Å². The van der Waals surface area contributed by atoms with Crippen LogP contribution in [0.1, 0.15) is 16.1 Å². The first kappa shape index (κ1) is 13.4. The quantitative estimate of drug-likeness (QED) is 0.705. The molecule has 2 heterocycles. The Hall–Kier alpha value is -2.08. The number of nitrogen functional groups attached to an aromatic ring is 1. The standard InChI is InChI=1S/C13H16N4OS/c14-10-4-1-6-15-12(10)16-7-3-8-17-13(18)11-5-2-9-19-11/h1-2,4-6,9H,3,7-8,14H2,(H,15,16)(H,17,18). The van der Waals surface area contributed by atoms with Crippen LogP contribution >= 0.6 is 11.3 Å². The molecule has 0 spiro atoms. The molecule has 100 valence electrons. The Morgan fingerprint density at radius 3 is 2.95 bits per heavy atom. The van der Waals surface area contributed by atoms with Crippen LogP contribution in [0.25, 0.3) is 0 Å². The van der Waals surface area contributed by atoms with Crippen molar-refractivity contribution in [2.45, 2.75) is 6.42 Å². The molecule has 6 heteroatoms. The minimum absolute atomic E-state index is 0.0210. The molecular weight excluding hydrogens is 260 g/mol. The first-order valence-corrected chi connectivity index (χ1v) is 6.91. The molecule has 2 aromatic heterocycles. The zero-order chi connectivity index (χ0) is 13.5. The van der Waals surface area contributed by atoms with Crippen molar-refractivity contribution in [3.05, 3.63) is 40.7 Å². The number of rotatable bonds is 6. The number of anilines is 2. The summed E-state index contributed by atoms with van der Waals surface area (Å²) in [5.41, 5.74) is 6.38. The molecule has 0 aliphatic rings. The molecule has 0 saturated heterocycles. The molecule has 0 unspecified atom stereocenters. The summed E-state index contributed by atoms with van der Waals surface area (Å²) in [7, 11) is 0. The lowest BCUT2D eigenvalue weighted by Crippen LogP contribution is -2.25. The van der Waals surface area contributed by atoms with Gasteiger partial charge in [-0.1, -0.05) is 6.07 Å². The van der Waals surface area contributed by atoms with E-state index in [4.69, 9.17) is 5.73 Å². The summed E-state index contributed by atoms with van der Waals surface area (Å²) in [5, 5.41) is 7.89. The van der Waals surface area contributed by atoms with Gasteiger partial charge in [0.2, 0.25) is 0 Å². The maximum atomic E-state index is 11.6. The van der Waals surface area contributed by atoms with Crippen molar-refractivity contribution < 1.29 is 4.79 Å². The summed E-state index contributed by atoms with van der Waals surface area (Å²) in [5.74, 6) is 0.666. The van der Waals surface area contributed by atoms with Crippen molar-refractivity contribution in [2.75, 3.05) is 24.1 Å². The van der Waals surface area contributed by atoms with Crippen molar-refractivity contribution in [3.8, 4) is 0 Å². The Bertz CT molecular complexity index is 527. The fraction of sp³-hybridized carbons (Fsp3) is 0.231. The highest BCUT2D eigenvalue weighted by Crippen LogP contribution is 2.12. The Kier molecular flexibility index (Phi) is 4.74. The zero-order valence-corrected chi connectivity index (χ0v) is 11.2. The van der Waals surface area contributed by atoms with E-state index >= 15 is 0 Å². The number of thiophene rings is 1. The number of nitrogens with zero attached hydrogens (tertiary/aromatic N) is 1. The van der Waals surface area contributed by atoms with Crippen molar-refractivity contribution in [2.24, 2.45) is 0 Å². The highest BCUT2D eigenvalue weighted by molar-refractivity contribution is 7.12. The Labute approximate surface area is 115 Å². The third-order valence-corrected chi connectivity index (χ3v) is 3.38. The van der Waals surface area contributed by atoms with Crippen molar-refractivity contribution in [1.29, 1.82) is 0 Å². The van der Waals surface area contributed by atoms with Crippen LogP contribution < -0.4 is 16.4 Å². The van der Waals surface area contributed by atoms with Gasteiger partial charge in [0.05, 0.1) is 10.6 Å². The third-order valence-electron chi connectivity index (χ3n) is 2.52. The fourth-order valence-electron chi connectivity index (χ4n) is 1.56. The highest BCUT2D eigenvalue weighted by atomic mass is 32.1. The topological polar surface area (TPSA) is 80.0 Å². The zero-order valence-electron chi connectivity index (χ0n) is 10.4. The fourth-order valence-corrected chi connectivity index (χ4v) is 2.20. The number of pyridine rings is 1. The van der Waals surface area contributed by atoms with Gasteiger partial charge < -0.3 is 16.4 Å². The van der Waals surface area contributed by atoms with E-state index in [2.05, 4.69) is 15.6 Å². The van der Waals surface area contributed by atoms with Crippen LogP contribution in [-0.4, -0.2) is 24.0 Å². The van der Waals surface area contributed by atoms with E-state index in [1.165, 1.54) is 11.3 Å². The second-order valence-electron chi connectivity index (χ2n) is 3.95. The molecule has 19 heavy (non-hydrogen) atoms. The number of amides is 1. The normalized spacial score (nSPS) is 10.1. The van der Waals surface area contributed by atoms with E-state index in [1.54, 1.807) is 18.3 Å². The molecular formula is C13H16N4OS. The van der Waals surface area contributed by atoms with Gasteiger partial charge in [-0.15, -0.1) is 11.3 Å². The van der Waals surface area contributed by atoms with Gasteiger partial charge in [0.1, 0.15) is 5.82 Å². The summed E-state index contributed by atoms with van der Waals surface area (Å²) in [6.45, 7) is 1.34. The Balaban J connectivity index is 1.65. The van der Waals surface area contributed by atoms with Gasteiger partial charge in [0.15, 0.2) is 0 Å². The third kappa shape index (κ3) is 3.96. The molecule has 2 aromatic rings. The second-order valence-corrected chi connectivity index (χ2v) is 4.90. The van der Waals surface area contributed by atoms with Gasteiger partial charge >= 0.3 is 0 Å². The molecule has 0 bridgehead atoms. The number of carbonyl (C=O) groups is 1. The van der Waals surface area contributed by atoms with E-state index in [-0.39, 0.29) is 5.91 Å². The highest BCUT2D eigenvalue weighted by Gasteiger charge is 2.04. The molecule has 0 aromatic carbocycles. The predicted molar refractivity (Wildman–Crippen MR) is 78.4 cm³/mol. The maximum Gasteiger partial charge on any atom is 0.261 e. The molecule has 0 aliphatic heterocycles. The Morgan fingerprint density at radius 2 is 2.21 bits per heavy atom. The molecule has 0 radical (unpaired) electrons. The van der Waals surface area contributed by atoms with Crippen LogP contribution in [0.2, 0.25) is 0 Å². The first-order valence-electron chi connectivity index (χ1n) is 6.03. The molecule has 0 aliphatic carbocycles. The number of nitrogens with one attached hydrogen (secondary N) is 2. The first-order chi connectivity index (χ1) is 9.27. The molecule has 4 N–H and O–H groups in total. The minimum atomic E-state index is -0.0210. The van der Waals surface area contributed by atoms with Crippen molar-refractivity contribution >= 4 is 28.7 Å². The van der Waals surface area contributed by atoms with Crippen LogP contribution in [0.5, 0.6) is 0 Å². The van der Waals surface area contributed by atoms with E-state index in [0.717, 1.165) is 11.3 Å². The summed E-state index contributed by atoms with van der Waals surface area (Å²) in [6.07, 6.45) is 2.50. The monoisotopic (exact) mass is 276 g/mol. The average molecular weight is 276 g/mol. The van der Waals surface area contributed by atoms with Gasteiger partial charge in [-0.05, 0) is 30.0 Å². The van der Waals surface area contributed by atoms with Crippen LogP contribution in [0.15, 0.2) is 35.8 Å². The predicted octanol–water partition coefficient (Wildman–Crippen LogP) is 1.96. The SMILES string of the molecule is Nc1cccnc1NCCCNC(=O)c1cccs1. The summed E-state index contributed by atoms with van der Waals surface area (Å²) >= 11 is 1.44. The molecule has 0 atom stereocenters. The van der Waals surface area contributed by atoms with E-state index < -0.39 is 0 Å².